The number of hydrogen-bond donors (Lipinski definition) is 1. The third-order valence-corrected chi connectivity index (χ3v) is 5.70. The van der Waals surface area contributed by atoms with Gasteiger partial charge in [-0.3, -0.25) is 14.5 Å². The van der Waals surface area contributed by atoms with Crippen LogP contribution in [-0.4, -0.2) is 30.9 Å². The monoisotopic (exact) mass is 417 g/mol. The summed E-state index contributed by atoms with van der Waals surface area (Å²) in [6.45, 7) is 0.106. The van der Waals surface area contributed by atoms with E-state index in [2.05, 4.69) is 0 Å². The summed E-state index contributed by atoms with van der Waals surface area (Å²) in [5.41, 5.74) is 2.10. The van der Waals surface area contributed by atoms with Crippen molar-refractivity contribution in [2.24, 2.45) is 0 Å². The first-order valence-electron chi connectivity index (χ1n) is 9.77. The summed E-state index contributed by atoms with van der Waals surface area (Å²) in [4.78, 5) is 27.6. The molecule has 0 saturated heterocycles. The van der Waals surface area contributed by atoms with Crippen molar-refractivity contribution in [2.75, 3.05) is 18.8 Å². The van der Waals surface area contributed by atoms with Crippen LogP contribution in [0.15, 0.2) is 66.7 Å². The van der Waals surface area contributed by atoms with E-state index in [-0.39, 0.29) is 12.7 Å². The molecule has 2 heterocycles. The Kier molecular flexibility index (Phi) is 4.51. The molecule has 0 radical (unpaired) electrons. The smallest absolute Gasteiger partial charge is 0.313 e. The molecule has 1 N–H and O–H groups in total. The number of benzene rings is 3. The minimum atomic E-state index is -1.01. The van der Waals surface area contributed by atoms with E-state index in [9.17, 15) is 14.7 Å². The Labute approximate surface area is 178 Å². The zero-order chi connectivity index (χ0) is 21.5. The Balaban J connectivity index is 1.72. The lowest BCUT2D eigenvalue weighted by Gasteiger charge is -2.40. The summed E-state index contributed by atoms with van der Waals surface area (Å²) in [7, 11) is 1.56. The second-order valence-corrected chi connectivity index (χ2v) is 7.33. The molecule has 0 saturated carbocycles. The van der Waals surface area contributed by atoms with Crippen molar-refractivity contribution in [1.82, 2.24) is 0 Å². The van der Waals surface area contributed by atoms with Crippen molar-refractivity contribution in [1.29, 1.82) is 0 Å². The average molecular weight is 417 g/mol. The Hall–Kier alpha value is -4.00. The summed E-state index contributed by atoms with van der Waals surface area (Å²) < 4.78 is 16.1. The van der Waals surface area contributed by atoms with Gasteiger partial charge in [0.2, 0.25) is 6.79 Å². The SMILES string of the molecule is COc1ccc([C@@H]2[C@H](C(=O)O)c3ccccc3C(=O)N2c2ccc3c(c2)OCO3)cc1. The predicted molar refractivity (Wildman–Crippen MR) is 112 cm³/mol. The minimum absolute atomic E-state index is 0.106. The molecular formula is C24H19NO6. The number of rotatable bonds is 4. The van der Waals surface area contributed by atoms with Gasteiger partial charge in [-0.15, -0.1) is 0 Å². The Morgan fingerprint density at radius 1 is 1.03 bits per heavy atom. The van der Waals surface area contributed by atoms with Gasteiger partial charge in [0, 0.05) is 17.3 Å². The number of anilines is 1. The molecule has 2 aliphatic heterocycles. The summed E-state index contributed by atoms with van der Waals surface area (Å²) in [6.07, 6.45) is 0. The zero-order valence-electron chi connectivity index (χ0n) is 16.6. The Morgan fingerprint density at radius 2 is 1.77 bits per heavy atom. The van der Waals surface area contributed by atoms with E-state index in [4.69, 9.17) is 14.2 Å². The second-order valence-electron chi connectivity index (χ2n) is 7.33. The number of carbonyl (C=O) groups excluding carboxylic acids is 1. The van der Waals surface area contributed by atoms with Gasteiger partial charge in [-0.05, 0) is 41.5 Å². The lowest BCUT2D eigenvalue weighted by molar-refractivity contribution is -0.139. The first-order valence-corrected chi connectivity index (χ1v) is 9.77. The van der Waals surface area contributed by atoms with E-state index in [0.717, 1.165) is 0 Å². The van der Waals surface area contributed by atoms with E-state index in [1.165, 1.54) is 4.90 Å². The van der Waals surface area contributed by atoms with Crippen LogP contribution in [0.25, 0.3) is 0 Å². The summed E-state index contributed by atoms with van der Waals surface area (Å²) in [6, 6.07) is 18.4. The third kappa shape index (κ3) is 3.06. The van der Waals surface area contributed by atoms with Gasteiger partial charge in [0.15, 0.2) is 11.5 Å². The fourth-order valence-electron chi connectivity index (χ4n) is 4.26. The molecule has 2 aliphatic rings. The van der Waals surface area contributed by atoms with Crippen molar-refractivity contribution >= 4 is 17.6 Å². The van der Waals surface area contributed by atoms with Gasteiger partial charge >= 0.3 is 5.97 Å². The third-order valence-electron chi connectivity index (χ3n) is 5.70. The van der Waals surface area contributed by atoms with Gasteiger partial charge in [0.1, 0.15) is 11.7 Å². The first kappa shape index (κ1) is 19.0. The van der Waals surface area contributed by atoms with E-state index >= 15 is 0 Å². The van der Waals surface area contributed by atoms with Crippen LogP contribution < -0.4 is 19.1 Å². The first-order chi connectivity index (χ1) is 15.1. The van der Waals surface area contributed by atoms with Crippen LogP contribution in [0.1, 0.15) is 33.4 Å². The zero-order valence-corrected chi connectivity index (χ0v) is 16.6. The normalized spacial score (nSPS) is 19.1. The molecule has 0 unspecified atom stereocenters. The summed E-state index contributed by atoms with van der Waals surface area (Å²) >= 11 is 0. The fourth-order valence-corrected chi connectivity index (χ4v) is 4.26. The maximum absolute atomic E-state index is 13.6. The molecule has 0 fully saturated rings. The number of carboxylic acids is 1. The van der Waals surface area contributed by atoms with Gasteiger partial charge in [-0.25, -0.2) is 0 Å². The van der Waals surface area contributed by atoms with Crippen LogP contribution >= 0.6 is 0 Å². The number of fused-ring (bicyclic) bond motifs is 2. The van der Waals surface area contributed by atoms with Crippen LogP contribution in [0.2, 0.25) is 0 Å². The highest BCUT2D eigenvalue weighted by Gasteiger charge is 2.45. The van der Waals surface area contributed by atoms with Crippen molar-refractivity contribution in [2.45, 2.75) is 12.0 Å². The molecule has 7 heteroatoms. The molecule has 0 spiro atoms. The molecule has 3 aromatic carbocycles. The van der Waals surface area contributed by atoms with Gasteiger partial charge in [0.25, 0.3) is 5.91 Å². The fraction of sp³-hybridized carbons (Fsp3) is 0.167. The summed E-state index contributed by atoms with van der Waals surface area (Å²) in [5.74, 6) is -0.478. The van der Waals surface area contributed by atoms with E-state index in [1.54, 1.807) is 73.8 Å². The van der Waals surface area contributed by atoms with E-state index in [1.807, 2.05) is 0 Å². The molecule has 0 aliphatic carbocycles. The average Bonchev–Trinajstić information content (AvgIpc) is 3.26. The molecule has 0 aromatic heterocycles. The topological polar surface area (TPSA) is 85.3 Å². The van der Waals surface area contributed by atoms with E-state index < -0.39 is 17.9 Å². The lowest BCUT2D eigenvalue weighted by Crippen LogP contribution is -2.45. The molecule has 3 aromatic rings. The molecular weight excluding hydrogens is 398 g/mol. The van der Waals surface area contributed by atoms with Crippen molar-refractivity contribution < 1.29 is 28.9 Å². The van der Waals surface area contributed by atoms with Crippen LogP contribution in [0, 0.1) is 0 Å². The molecule has 7 nitrogen and oxygen atoms in total. The lowest BCUT2D eigenvalue weighted by atomic mass is 9.79. The maximum Gasteiger partial charge on any atom is 0.313 e. The molecule has 0 bridgehead atoms. The van der Waals surface area contributed by atoms with Crippen LogP contribution in [-0.2, 0) is 4.79 Å². The number of carbonyl (C=O) groups is 2. The molecule has 31 heavy (non-hydrogen) atoms. The van der Waals surface area contributed by atoms with Gasteiger partial charge in [-0.1, -0.05) is 30.3 Å². The standard InChI is InChI=1S/C24H19NO6/c1-29-16-9-6-14(7-10-16)22-21(24(27)28)17-4-2-3-5-18(17)23(26)25(22)15-8-11-19-20(12-15)31-13-30-19/h2-12,21-22H,13H2,1H3,(H,27,28)/t21-,22-/m1/s1. The van der Waals surface area contributed by atoms with Crippen molar-refractivity contribution in [3.05, 3.63) is 83.4 Å². The molecule has 2 atom stereocenters. The Morgan fingerprint density at radius 3 is 2.52 bits per heavy atom. The van der Waals surface area contributed by atoms with Gasteiger partial charge in [0.05, 0.1) is 13.2 Å². The van der Waals surface area contributed by atoms with Gasteiger partial charge in [-0.2, -0.15) is 0 Å². The number of hydrogen-bond acceptors (Lipinski definition) is 5. The predicted octanol–water partition coefficient (Wildman–Crippen LogP) is 3.99. The number of methoxy groups -OCH3 is 1. The van der Waals surface area contributed by atoms with Crippen LogP contribution in [0.5, 0.6) is 17.2 Å². The highest BCUT2D eigenvalue weighted by atomic mass is 16.7. The highest BCUT2D eigenvalue weighted by Crippen LogP contribution is 2.47. The molecule has 1 amide bonds. The quantitative estimate of drug-likeness (QED) is 0.691. The number of amides is 1. The minimum Gasteiger partial charge on any atom is -0.497 e. The number of aliphatic carboxylic acids is 1. The number of nitrogens with zero attached hydrogens (tertiary/aromatic N) is 1. The second kappa shape index (κ2) is 7.36. The number of ether oxygens (including phenoxy) is 3. The van der Waals surface area contributed by atoms with E-state index in [0.29, 0.717) is 39.6 Å². The van der Waals surface area contributed by atoms with Crippen molar-refractivity contribution in [3.63, 3.8) is 0 Å². The van der Waals surface area contributed by atoms with Crippen LogP contribution in [0.3, 0.4) is 0 Å². The van der Waals surface area contributed by atoms with Crippen molar-refractivity contribution in [3.8, 4) is 17.2 Å². The number of carboxylic acid groups (broad SMARTS) is 1. The van der Waals surface area contributed by atoms with Gasteiger partial charge < -0.3 is 19.3 Å². The van der Waals surface area contributed by atoms with Crippen LogP contribution in [0.4, 0.5) is 5.69 Å². The summed E-state index contributed by atoms with van der Waals surface area (Å²) in [5, 5.41) is 10.2. The largest absolute Gasteiger partial charge is 0.497 e. The Bertz CT molecular complexity index is 1170. The molecule has 156 valence electrons. The molecule has 5 rings (SSSR count). The maximum atomic E-state index is 13.6. The highest BCUT2D eigenvalue weighted by molar-refractivity contribution is 6.11.